The second kappa shape index (κ2) is 5.54. The number of likely N-dealkylation sites (N-methyl/N-ethyl adjacent to an activating group) is 1. The Balaban J connectivity index is 2.46. The van der Waals surface area contributed by atoms with E-state index in [4.69, 9.17) is 4.74 Å². The number of aromatic nitrogens is 1. The van der Waals surface area contributed by atoms with Gasteiger partial charge in [0.1, 0.15) is 0 Å². The van der Waals surface area contributed by atoms with Crippen LogP contribution in [0.1, 0.15) is 12.6 Å². The first kappa shape index (κ1) is 9.99. The maximum atomic E-state index is 5.03. The molecule has 0 aliphatic carbocycles. The van der Waals surface area contributed by atoms with Crippen LogP contribution >= 0.6 is 0 Å². The lowest BCUT2D eigenvalue weighted by atomic mass is 10.3. The predicted octanol–water partition coefficient (Wildman–Crippen LogP) is 1.24. The Hall–Kier alpha value is -1.09. The average molecular weight is 180 g/mol. The largest absolute Gasteiger partial charge is 0.481 e. The summed E-state index contributed by atoms with van der Waals surface area (Å²) in [6.45, 7) is 4.07. The summed E-state index contributed by atoms with van der Waals surface area (Å²) in [7, 11) is 1.64. The summed E-state index contributed by atoms with van der Waals surface area (Å²) in [6, 6.07) is 5.84. The van der Waals surface area contributed by atoms with Crippen molar-refractivity contribution in [1.29, 1.82) is 0 Å². The lowest BCUT2D eigenvalue weighted by Crippen LogP contribution is -2.16. The molecule has 0 aliphatic heterocycles. The third-order valence-corrected chi connectivity index (χ3v) is 1.80. The zero-order valence-corrected chi connectivity index (χ0v) is 8.21. The standard InChI is InChI=1S/C10H16N2O/c1-3-11-8-7-9-5-4-6-10(12-9)13-2/h4-6,11H,3,7-8H2,1-2H3. The molecule has 1 rings (SSSR count). The minimum Gasteiger partial charge on any atom is -0.481 e. The molecular formula is C10H16N2O. The number of hydrogen-bond donors (Lipinski definition) is 1. The molecule has 3 heteroatoms. The molecule has 3 nitrogen and oxygen atoms in total. The molecule has 0 bridgehead atoms. The molecule has 0 spiro atoms. The summed E-state index contributed by atoms with van der Waals surface area (Å²) < 4.78 is 5.03. The molecule has 0 fully saturated rings. The molecule has 0 atom stereocenters. The first-order valence-corrected chi connectivity index (χ1v) is 4.57. The fourth-order valence-corrected chi connectivity index (χ4v) is 1.10. The first-order valence-electron chi connectivity index (χ1n) is 4.57. The first-order chi connectivity index (χ1) is 6.36. The van der Waals surface area contributed by atoms with Crippen LogP contribution in [-0.4, -0.2) is 25.2 Å². The normalized spacial score (nSPS) is 10.0. The van der Waals surface area contributed by atoms with Crippen molar-refractivity contribution in [3.8, 4) is 5.88 Å². The zero-order chi connectivity index (χ0) is 9.52. The third kappa shape index (κ3) is 3.42. The number of nitrogens with zero attached hydrogens (tertiary/aromatic N) is 1. The molecule has 1 aromatic rings. The lowest BCUT2D eigenvalue weighted by Gasteiger charge is -2.03. The Bertz CT molecular complexity index is 250. The summed E-state index contributed by atoms with van der Waals surface area (Å²) in [5.41, 5.74) is 1.07. The van der Waals surface area contributed by atoms with Crippen LogP contribution in [0.15, 0.2) is 18.2 Å². The summed E-state index contributed by atoms with van der Waals surface area (Å²) in [6.07, 6.45) is 0.949. The van der Waals surface area contributed by atoms with Crippen LogP contribution in [0.5, 0.6) is 5.88 Å². The highest BCUT2D eigenvalue weighted by atomic mass is 16.5. The molecule has 0 amide bonds. The molecule has 13 heavy (non-hydrogen) atoms. The lowest BCUT2D eigenvalue weighted by molar-refractivity contribution is 0.396. The van der Waals surface area contributed by atoms with Crippen LogP contribution in [0.25, 0.3) is 0 Å². The van der Waals surface area contributed by atoms with Gasteiger partial charge < -0.3 is 10.1 Å². The number of hydrogen-bond acceptors (Lipinski definition) is 3. The fourth-order valence-electron chi connectivity index (χ4n) is 1.10. The highest BCUT2D eigenvalue weighted by Crippen LogP contribution is 2.06. The zero-order valence-electron chi connectivity index (χ0n) is 8.21. The van der Waals surface area contributed by atoms with Gasteiger partial charge in [-0.25, -0.2) is 4.98 Å². The molecule has 0 unspecified atom stereocenters. The minimum atomic E-state index is 0.689. The smallest absolute Gasteiger partial charge is 0.213 e. The molecule has 0 saturated heterocycles. The summed E-state index contributed by atoms with van der Waals surface area (Å²) in [5, 5.41) is 3.25. The van der Waals surface area contributed by atoms with E-state index in [1.807, 2.05) is 18.2 Å². The van der Waals surface area contributed by atoms with E-state index in [1.165, 1.54) is 0 Å². The van der Waals surface area contributed by atoms with Crippen molar-refractivity contribution in [3.63, 3.8) is 0 Å². The molecule has 72 valence electrons. The summed E-state index contributed by atoms with van der Waals surface area (Å²) in [4.78, 5) is 4.30. The SMILES string of the molecule is CCNCCc1cccc(OC)n1. The van der Waals surface area contributed by atoms with E-state index in [0.29, 0.717) is 5.88 Å². The van der Waals surface area contributed by atoms with Gasteiger partial charge in [-0.3, -0.25) is 0 Å². The van der Waals surface area contributed by atoms with Gasteiger partial charge >= 0.3 is 0 Å². The van der Waals surface area contributed by atoms with Crippen molar-refractivity contribution < 1.29 is 4.74 Å². The minimum absolute atomic E-state index is 0.689. The van der Waals surface area contributed by atoms with Gasteiger partial charge in [-0.1, -0.05) is 13.0 Å². The van der Waals surface area contributed by atoms with Gasteiger partial charge in [0.05, 0.1) is 7.11 Å². The van der Waals surface area contributed by atoms with E-state index in [-0.39, 0.29) is 0 Å². The van der Waals surface area contributed by atoms with E-state index in [0.717, 1.165) is 25.2 Å². The van der Waals surface area contributed by atoms with E-state index >= 15 is 0 Å². The Morgan fingerprint density at radius 3 is 3.00 bits per heavy atom. The van der Waals surface area contributed by atoms with Crippen LogP contribution in [-0.2, 0) is 6.42 Å². The van der Waals surface area contributed by atoms with E-state index in [2.05, 4.69) is 17.2 Å². The summed E-state index contributed by atoms with van der Waals surface area (Å²) >= 11 is 0. The second-order valence-corrected chi connectivity index (χ2v) is 2.77. The maximum Gasteiger partial charge on any atom is 0.213 e. The van der Waals surface area contributed by atoms with Gasteiger partial charge in [0.2, 0.25) is 5.88 Å². The molecule has 1 N–H and O–H groups in total. The van der Waals surface area contributed by atoms with Crippen molar-refractivity contribution in [2.75, 3.05) is 20.2 Å². The van der Waals surface area contributed by atoms with Crippen LogP contribution in [0.3, 0.4) is 0 Å². The van der Waals surface area contributed by atoms with Gasteiger partial charge in [-0.15, -0.1) is 0 Å². The van der Waals surface area contributed by atoms with Crippen LogP contribution in [0.2, 0.25) is 0 Å². The van der Waals surface area contributed by atoms with Gasteiger partial charge in [0.25, 0.3) is 0 Å². The fraction of sp³-hybridized carbons (Fsp3) is 0.500. The van der Waals surface area contributed by atoms with Crippen molar-refractivity contribution in [2.24, 2.45) is 0 Å². The van der Waals surface area contributed by atoms with Crippen molar-refractivity contribution in [3.05, 3.63) is 23.9 Å². The number of rotatable bonds is 5. The van der Waals surface area contributed by atoms with Gasteiger partial charge in [0.15, 0.2) is 0 Å². The number of pyridine rings is 1. The van der Waals surface area contributed by atoms with Crippen LogP contribution in [0.4, 0.5) is 0 Å². The van der Waals surface area contributed by atoms with Crippen LogP contribution in [0, 0.1) is 0 Å². The van der Waals surface area contributed by atoms with Crippen molar-refractivity contribution in [1.82, 2.24) is 10.3 Å². The van der Waals surface area contributed by atoms with Gasteiger partial charge in [-0.05, 0) is 12.6 Å². The second-order valence-electron chi connectivity index (χ2n) is 2.77. The topological polar surface area (TPSA) is 34.1 Å². The highest BCUT2D eigenvalue weighted by Gasteiger charge is 1.96. The molecule has 0 radical (unpaired) electrons. The van der Waals surface area contributed by atoms with Crippen LogP contribution < -0.4 is 10.1 Å². The Kier molecular flexibility index (Phi) is 4.26. The van der Waals surface area contributed by atoms with E-state index in [1.54, 1.807) is 7.11 Å². The number of methoxy groups -OCH3 is 1. The van der Waals surface area contributed by atoms with E-state index < -0.39 is 0 Å². The third-order valence-electron chi connectivity index (χ3n) is 1.80. The summed E-state index contributed by atoms with van der Waals surface area (Å²) in [5.74, 6) is 0.689. The average Bonchev–Trinajstić information content (AvgIpc) is 2.19. The molecule has 0 saturated carbocycles. The Morgan fingerprint density at radius 1 is 1.46 bits per heavy atom. The van der Waals surface area contributed by atoms with Gasteiger partial charge in [0, 0.05) is 24.7 Å². The quantitative estimate of drug-likeness (QED) is 0.692. The molecule has 1 aromatic heterocycles. The molecule has 0 aromatic carbocycles. The van der Waals surface area contributed by atoms with Crippen molar-refractivity contribution >= 4 is 0 Å². The molecule has 1 heterocycles. The Labute approximate surface area is 79.1 Å². The molecular weight excluding hydrogens is 164 g/mol. The number of nitrogens with one attached hydrogen (secondary N) is 1. The van der Waals surface area contributed by atoms with Crippen molar-refractivity contribution in [2.45, 2.75) is 13.3 Å². The monoisotopic (exact) mass is 180 g/mol. The highest BCUT2D eigenvalue weighted by molar-refractivity contribution is 5.15. The van der Waals surface area contributed by atoms with Gasteiger partial charge in [-0.2, -0.15) is 0 Å². The predicted molar refractivity (Wildman–Crippen MR) is 53.0 cm³/mol. The maximum absolute atomic E-state index is 5.03. The Morgan fingerprint density at radius 2 is 2.31 bits per heavy atom. The van der Waals surface area contributed by atoms with E-state index in [9.17, 15) is 0 Å². The number of ether oxygens (including phenoxy) is 1. The molecule has 0 aliphatic rings.